The first-order chi connectivity index (χ1) is 11.6. The average Bonchev–Trinajstić information content (AvgIpc) is 3.04. The summed E-state index contributed by atoms with van der Waals surface area (Å²) in [6.45, 7) is 1.79. The molecule has 2 aromatic carbocycles. The Balaban J connectivity index is 1.69. The molecule has 1 N–H and O–H groups in total. The molecule has 1 aliphatic rings. The molecule has 0 spiro atoms. The molecule has 0 saturated carbocycles. The van der Waals surface area contributed by atoms with Gasteiger partial charge >= 0.3 is 0 Å². The van der Waals surface area contributed by atoms with Gasteiger partial charge in [0.25, 0.3) is 5.91 Å². The highest BCUT2D eigenvalue weighted by atomic mass is 35.5. The summed E-state index contributed by atoms with van der Waals surface area (Å²) in [5.74, 6) is -1.20. The van der Waals surface area contributed by atoms with Crippen LogP contribution in [-0.2, 0) is 4.74 Å². The number of amides is 1. The molecule has 1 saturated heterocycles. The molecule has 0 aromatic heterocycles. The number of hydrogen-bond acceptors (Lipinski definition) is 3. The second kappa shape index (κ2) is 7.20. The summed E-state index contributed by atoms with van der Waals surface area (Å²) in [4.78, 5) is 14.4. The third kappa shape index (κ3) is 3.52. The zero-order chi connectivity index (χ0) is 17.1. The van der Waals surface area contributed by atoms with Crippen molar-refractivity contribution in [1.82, 2.24) is 0 Å². The topological polar surface area (TPSA) is 41.6 Å². The molecular weight excluding hydrogens is 331 g/mol. The average molecular weight is 349 g/mol. The number of nitrogens with one attached hydrogen (secondary N) is 1. The fraction of sp³-hybridized carbons (Fsp3) is 0.278. The second-order valence-corrected chi connectivity index (χ2v) is 6.10. The lowest BCUT2D eigenvalue weighted by molar-refractivity contribution is 0.102. The fourth-order valence-electron chi connectivity index (χ4n) is 2.82. The van der Waals surface area contributed by atoms with Gasteiger partial charge in [0.1, 0.15) is 5.82 Å². The van der Waals surface area contributed by atoms with E-state index in [-0.39, 0.29) is 16.7 Å². The maximum Gasteiger partial charge on any atom is 0.260 e. The molecule has 0 bridgehead atoms. The van der Waals surface area contributed by atoms with Crippen LogP contribution in [0.1, 0.15) is 16.8 Å². The second-order valence-electron chi connectivity index (χ2n) is 5.69. The van der Waals surface area contributed by atoms with Gasteiger partial charge in [-0.25, -0.2) is 4.39 Å². The molecule has 0 radical (unpaired) electrons. The van der Waals surface area contributed by atoms with Crippen molar-refractivity contribution in [3.8, 4) is 0 Å². The van der Waals surface area contributed by atoms with Crippen molar-refractivity contribution in [1.29, 1.82) is 0 Å². The van der Waals surface area contributed by atoms with Crippen LogP contribution in [0.15, 0.2) is 42.5 Å². The van der Waals surface area contributed by atoms with Gasteiger partial charge in [0.05, 0.1) is 16.7 Å². The number of carbonyl (C=O) groups excluding carboxylic acids is 1. The quantitative estimate of drug-likeness (QED) is 0.909. The van der Waals surface area contributed by atoms with Crippen LogP contribution in [0.3, 0.4) is 0 Å². The molecule has 6 heteroatoms. The molecular formula is C18H18ClFN2O2. The largest absolute Gasteiger partial charge is 0.380 e. The van der Waals surface area contributed by atoms with E-state index in [4.69, 9.17) is 16.3 Å². The minimum atomic E-state index is -0.640. The smallest absolute Gasteiger partial charge is 0.260 e. The normalized spacial score (nSPS) is 17.1. The van der Waals surface area contributed by atoms with Crippen molar-refractivity contribution in [3.63, 3.8) is 0 Å². The zero-order valence-electron chi connectivity index (χ0n) is 13.3. The molecule has 126 valence electrons. The van der Waals surface area contributed by atoms with Gasteiger partial charge < -0.3 is 15.0 Å². The van der Waals surface area contributed by atoms with Crippen LogP contribution in [0.4, 0.5) is 15.8 Å². The van der Waals surface area contributed by atoms with Crippen molar-refractivity contribution >= 4 is 28.9 Å². The molecule has 0 aliphatic carbocycles. The number of hydrogen-bond donors (Lipinski definition) is 1. The molecule has 1 aliphatic heterocycles. The van der Waals surface area contributed by atoms with E-state index in [1.165, 1.54) is 18.2 Å². The number of anilines is 2. The summed E-state index contributed by atoms with van der Waals surface area (Å²) in [5, 5.41) is 2.76. The molecule has 2 aromatic rings. The van der Waals surface area contributed by atoms with Crippen molar-refractivity contribution in [2.24, 2.45) is 0 Å². The monoisotopic (exact) mass is 348 g/mol. The van der Waals surface area contributed by atoms with E-state index in [2.05, 4.69) is 10.2 Å². The van der Waals surface area contributed by atoms with E-state index in [1.54, 1.807) is 19.2 Å². The van der Waals surface area contributed by atoms with Crippen LogP contribution in [0.5, 0.6) is 0 Å². The Kier molecular flexibility index (Phi) is 5.02. The van der Waals surface area contributed by atoms with Crippen LogP contribution >= 0.6 is 11.6 Å². The van der Waals surface area contributed by atoms with E-state index in [0.29, 0.717) is 5.69 Å². The Morgan fingerprint density at radius 3 is 2.67 bits per heavy atom. The third-order valence-corrected chi connectivity index (χ3v) is 4.47. The van der Waals surface area contributed by atoms with Crippen LogP contribution in [0.2, 0.25) is 5.02 Å². The molecule has 1 unspecified atom stereocenters. The fourth-order valence-corrected chi connectivity index (χ4v) is 3.07. The Morgan fingerprint density at radius 2 is 2.04 bits per heavy atom. The van der Waals surface area contributed by atoms with Gasteiger partial charge in [-0.05, 0) is 42.8 Å². The molecule has 1 heterocycles. The minimum Gasteiger partial charge on any atom is -0.380 e. The molecule has 3 rings (SSSR count). The van der Waals surface area contributed by atoms with Crippen molar-refractivity contribution in [3.05, 3.63) is 58.9 Å². The van der Waals surface area contributed by atoms with E-state index in [9.17, 15) is 9.18 Å². The predicted octanol–water partition coefficient (Wildman–Crippen LogP) is 3.96. The molecule has 24 heavy (non-hydrogen) atoms. The number of methoxy groups -OCH3 is 1. The number of rotatable bonds is 4. The Bertz CT molecular complexity index is 716. The number of ether oxygens (including phenoxy) is 1. The van der Waals surface area contributed by atoms with Gasteiger partial charge in [0.15, 0.2) is 0 Å². The lowest BCUT2D eigenvalue weighted by Gasteiger charge is -2.18. The number of carbonyl (C=O) groups is 1. The summed E-state index contributed by atoms with van der Waals surface area (Å²) >= 11 is 5.91. The summed E-state index contributed by atoms with van der Waals surface area (Å²) in [7, 11) is 1.72. The lowest BCUT2D eigenvalue weighted by atomic mass is 10.2. The molecule has 1 fully saturated rings. The van der Waals surface area contributed by atoms with Gasteiger partial charge in [0, 0.05) is 31.6 Å². The Hall–Kier alpha value is -2.11. The van der Waals surface area contributed by atoms with Crippen LogP contribution < -0.4 is 10.2 Å². The Labute approximate surface area is 145 Å². The highest BCUT2D eigenvalue weighted by Crippen LogP contribution is 2.24. The molecule has 1 atom stereocenters. The first-order valence-corrected chi connectivity index (χ1v) is 8.09. The van der Waals surface area contributed by atoms with E-state index >= 15 is 0 Å². The maximum atomic E-state index is 13.8. The van der Waals surface area contributed by atoms with Gasteiger partial charge in [-0.3, -0.25) is 4.79 Å². The maximum absolute atomic E-state index is 13.8. The highest BCUT2D eigenvalue weighted by molar-refractivity contribution is 6.34. The summed E-state index contributed by atoms with van der Waals surface area (Å²) in [5.41, 5.74) is 1.51. The summed E-state index contributed by atoms with van der Waals surface area (Å²) in [6.07, 6.45) is 1.26. The SMILES string of the molecule is COC1CCN(c2ccc(NC(=O)c3c(F)cccc3Cl)cc2)C1. The van der Waals surface area contributed by atoms with Crippen LogP contribution in [0, 0.1) is 5.82 Å². The van der Waals surface area contributed by atoms with E-state index < -0.39 is 11.7 Å². The van der Waals surface area contributed by atoms with Gasteiger partial charge in [0.2, 0.25) is 0 Å². The van der Waals surface area contributed by atoms with Crippen LogP contribution in [0.25, 0.3) is 0 Å². The molecule has 1 amide bonds. The van der Waals surface area contributed by atoms with Crippen molar-refractivity contribution in [2.75, 3.05) is 30.4 Å². The Morgan fingerprint density at radius 1 is 1.29 bits per heavy atom. The summed E-state index contributed by atoms with van der Waals surface area (Å²) in [6, 6.07) is 11.6. The van der Waals surface area contributed by atoms with Crippen LogP contribution in [-0.4, -0.2) is 32.2 Å². The van der Waals surface area contributed by atoms with Gasteiger partial charge in [-0.1, -0.05) is 17.7 Å². The first-order valence-electron chi connectivity index (χ1n) is 7.71. The van der Waals surface area contributed by atoms with Crippen molar-refractivity contribution in [2.45, 2.75) is 12.5 Å². The standard InChI is InChI=1S/C18H18ClFN2O2/c1-24-14-9-10-22(11-14)13-7-5-12(6-8-13)21-18(23)17-15(19)3-2-4-16(17)20/h2-8,14H,9-11H2,1H3,(H,21,23). The minimum absolute atomic E-state index is 0.0896. The third-order valence-electron chi connectivity index (χ3n) is 4.16. The van der Waals surface area contributed by atoms with Gasteiger partial charge in [-0.15, -0.1) is 0 Å². The van der Waals surface area contributed by atoms with Crippen molar-refractivity contribution < 1.29 is 13.9 Å². The number of benzene rings is 2. The predicted molar refractivity (Wildman–Crippen MR) is 93.4 cm³/mol. The molecule has 4 nitrogen and oxygen atoms in total. The first kappa shape index (κ1) is 16.7. The zero-order valence-corrected chi connectivity index (χ0v) is 14.0. The summed E-state index contributed by atoms with van der Waals surface area (Å²) < 4.78 is 19.1. The van der Waals surface area contributed by atoms with E-state index in [1.807, 2.05) is 12.1 Å². The number of nitrogens with zero attached hydrogens (tertiary/aromatic N) is 1. The van der Waals surface area contributed by atoms with Gasteiger partial charge in [-0.2, -0.15) is 0 Å². The van der Waals surface area contributed by atoms with E-state index in [0.717, 1.165) is 25.2 Å². The highest BCUT2D eigenvalue weighted by Gasteiger charge is 2.22. The lowest BCUT2D eigenvalue weighted by Crippen LogP contribution is -2.22. The number of halogens is 2.